The van der Waals surface area contributed by atoms with Gasteiger partial charge in [-0.05, 0) is 40.2 Å². The highest BCUT2D eigenvalue weighted by atomic mass is 79.9. The number of hydrogen-bond acceptors (Lipinski definition) is 6. The summed E-state index contributed by atoms with van der Waals surface area (Å²) in [6, 6.07) is 6.90. The molecule has 0 aromatic heterocycles. The van der Waals surface area contributed by atoms with Crippen molar-refractivity contribution in [1.29, 1.82) is 5.26 Å². The van der Waals surface area contributed by atoms with Gasteiger partial charge in [0.15, 0.2) is 0 Å². The van der Waals surface area contributed by atoms with Gasteiger partial charge in [-0.3, -0.25) is 4.79 Å². The van der Waals surface area contributed by atoms with Crippen LogP contribution >= 0.6 is 15.9 Å². The van der Waals surface area contributed by atoms with Gasteiger partial charge in [-0.2, -0.15) is 18.4 Å². The van der Waals surface area contributed by atoms with Crippen molar-refractivity contribution < 1.29 is 40.8 Å². The third-order valence-corrected chi connectivity index (χ3v) is 6.05. The van der Waals surface area contributed by atoms with E-state index in [0.717, 1.165) is 37.6 Å². The lowest BCUT2D eigenvalue weighted by molar-refractivity contribution is -0.169. The average Bonchev–Trinajstić information content (AvgIpc) is 2.67. The normalized spacial score (nSPS) is 13.0. The van der Waals surface area contributed by atoms with Crippen molar-refractivity contribution in [3.05, 3.63) is 51.7 Å². The number of alkyl halides is 3. The third kappa shape index (κ3) is 5.59. The minimum atomic E-state index is -5.36. The Balaban J connectivity index is 2.67. The fourth-order valence-electron chi connectivity index (χ4n) is 2.30. The van der Waals surface area contributed by atoms with Gasteiger partial charge in [0, 0.05) is 12.3 Å². The Bertz CT molecular complexity index is 1230. The topological polar surface area (TPSA) is 106 Å². The molecule has 0 radical (unpaired) electrons. The van der Waals surface area contributed by atoms with Crippen molar-refractivity contribution in [2.24, 2.45) is 4.36 Å². The molecule has 164 valence electrons. The summed E-state index contributed by atoms with van der Waals surface area (Å²) in [5.74, 6) is -4.76. The fourth-order valence-corrected chi connectivity index (χ4v) is 4.42. The molecule has 13 heteroatoms. The monoisotopic (exact) mass is 522 g/mol. The van der Waals surface area contributed by atoms with Gasteiger partial charge >= 0.3 is 18.1 Å². The predicted molar refractivity (Wildman–Crippen MR) is 102 cm³/mol. The summed E-state index contributed by atoms with van der Waals surface area (Å²) in [7, 11) is -3.08. The Kier molecular flexibility index (Phi) is 7.07. The van der Waals surface area contributed by atoms with E-state index in [-0.39, 0.29) is 21.5 Å². The Morgan fingerprint density at radius 3 is 2.42 bits per heavy atom. The Hall–Kier alpha value is -2.98. The van der Waals surface area contributed by atoms with E-state index in [1.165, 1.54) is 6.07 Å². The summed E-state index contributed by atoms with van der Waals surface area (Å²) in [5.41, 5.74) is -0.569. The molecule has 2 aromatic rings. The van der Waals surface area contributed by atoms with E-state index in [0.29, 0.717) is 0 Å². The first-order valence-corrected chi connectivity index (χ1v) is 10.6. The molecule has 0 N–H and O–H groups in total. The van der Waals surface area contributed by atoms with E-state index in [1.54, 1.807) is 6.07 Å². The molecule has 0 bridgehead atoms. The molecule has 31 heavy (non-hydrogen) atoms. The Labute approximate surface area is 181 Å². The van der Waals surface area contributed by atoms with Crippen molar-refractivity contribution in [3.8, 4) is 17.6 Å². The minimum absolute atomic E-state index is 0.0584. The van der Waals surface area contributed by atoms with Gasteiger partial charge in [-0.1, -0.05) is 0 Å². The molecule has 1 unspecified atom stereocenters. The first-order chi connectivity index (χ1) is 14.3. The van der Waals surface area contributed by atoms with Gasteiger partial charge in [0.25, 0.3) is 0 Å². The van der Waals surface area contributed by atoms with Crippen LogP contribution in [0.2, 0.25) is 0 Å². The maximum atomic E-state index is 13.6. The molecule has 1 amide bonds. The van der Waals surface area contributed by atoms with Crippen molar-refractivity contribution in [1.82, 2.24) is 0 Å². The summed E-state index contributed by atoms with van der Waals surface area (Å²) in [6.07, 6.45) is -4.61. The highest BCUT2D eigenvalue weighted by Gasteiger charge is 2.40. The molecule has 0 aliphatic heterocycles. The van der Waals surface area contributed by atoms with Gasteiger partial charge in [-0.25, -0.2) is 13.4 Å². The Morgan fingerprint density at radius 1 is 1.23 bits per heavy atom. The number of esters is 1. The van der Waals surface area contributed by atoms with Crippen LogP contribution in [0.15, 0.2) is 44.1 Å². The number of hydrogen-bond donors (Lipinski definition) is 0. The lowest BCUT2D eigenvalue weighted by atomic mass is 10.2. The van der Waals surface area contributed by atoms with Crippen molar-refractivity contribution in [2.75, 3.05) is 13.4 Å². The number of nitrogens with zero attached hydrogens (tertiary/aromatic N) is 2. The summed E-state index contributed by atoms with van der Waals surface area (Å²) in [4.78, 5) is 22.9. The van der Waals surface area contributed by atoms with E-state index in [2.05, 4.69) is 25.0 Å². The van der Waals surface area contributed by atoms with Gasteiger partial charge in [0.2, 0.25) is 0 Å². The number of carbonyl (C=O) groups is 2. The van der Waals surface area contributed by atoms with Gasteiger partial charge in [-0.15, -0.1) is 4.36 Å². The molecule has 2 aromatic carbocycles. The molecule has 0 fully saturated rings. The fraction of sp³-hybridized carbons (Fsp3) is 0.167. The molecule has 0 heterocycles. The first kappa shape index (κ1) is 24.3. The highest BCUT2D eigenvalue weighted by molar-refractivity contribution is 9.10. The zero-order chi connectivity index (χ0) is 23.6. The number of nitriles is 1. The van der Waals surface area contributed by atoms with E-state index >= 15 is 0 Å². The lowest BCUT2D eigenvalue weighted by Crippen LogP contribution is -2.22. The minimum Gasteiger partial charge on any atom is -0.465 e. The standard InChI is InChI=1S/C18H11BrF4N2O5S/c1-29-16(26)14-13(31(2,28)25-17(27)18(21,22)23)4-3-12(15(14)19)30-11-6-9(8-24)5-10(20)7-11/h3-7H,1-2H3. The van der Waals surface area contributed by atoms with Crippen molar-refractivity contribution in [3.63, 3.8) is 0 Å². The van der Waals surface area contributed by atoms with Gasteiger partial charge in [0.05, 0.1) is 43.4 Å². The lowest BCUT2D eigenvalue weighted by Gasteiger charge is -2.15. The van der Waals surface area contributed by atoms with Crippen molar-refractivity contribution >= 4 is 37.5 Å². The van der Waals surface area contributed by atoms with Crippen LogP contribution in [-0.2, 0) is 19.3 Å². The van der Waals surface area contributed by atoms with E-state index in [4.69, 9.17) is 10.00 Å². The number of carbonyl (C=O) groups excluding carboxylic acids is 2. The van der Waals surface area contributed by atoms with Gasteiger partial charge < -0.3 is 9.47 Å². The molecule has 0 aliphatic carbocycles. The van der Waals surface area contributed by atoms with E-state index < -0.39 is 44.1 Å². The molecule has 0 saturated heterocycles. The zero-order valence-corrected chi connectivity index (χ0v) is 18.0. The largest absolute Gasteiger partial charge is 0.474 e. The number of benzene rings is 2. The quantitative estimate of drug-likeness (QED) is 0.429. The second kappa shape index (κ2) is 9.03. The molecular weight excluding hydrogens is 512 g/mol. The molecule has 0 saturated carbocycles. The number of amides is 1. The van der Waals surface area contributed by atoms with Gasteiger partial charge in [0.1, 0.15) is 17.3 Å². The predicted octanol–water partition coefficient (Wildman–Crippen LogP) is 4.58. The second-order valence-corrected chi connectivity index (χ2v) is 8.85. The summed E-state index contributed by atoms with van der Waals surface area (Å²) in [5, 5.41) is 8.92. The van der Waals surface area contributed by atoms with Crippen LogP contribution < -0.4 is 4.74 Å². The average molecular weight is 523 g/mol. The number of halogens is 5. The molecule has 0 spiro atoms. The SMILES string of the molecule is COC(=O)c1c(S(C)(=O)=NC(=O)C(F)(F)F)ccc(Oc2cc(F)cc(C#N)c2)c1Br. The van der Waals surface area contributed by atoms with Crippen LogP contribution in [0.5, 0.6) is 11.5 Å². The number of ether oxygens (including phenoxy) is 2. The van der Waals surface area contributed by atoms with E-state index in [9.17, 15) is 31.4 Å². The van der Waals surface area contributed by atoms with Crippen LogP contribution in [0.4, 0.5) is 17.6 Å². The summed E-state index contributed by atoms with van der Waals surface area (Å²) in [6.45, 7) is 0. The molecule has 7 nitrogen and oxygen atoms in total. The highest BCUT2D eigenvalue weighted by Crippen LogP contribution is 2.37. The van der Waals surface area contributed by atoms with Crippen LogP contribution in [0.3, 0.4) is 0 Å². The first-order valence-electron chi connectivity index (χ1n) is 7.93. The molecule has 2 rings (SSSR count). The number of rotatable bonds is 4. The van der Waals surface area contributed by atoms with Crippen molar-refractivity contribution in [2.45, 2.75) is 11.1 Å². The third-order valence-electron chi connectivity index (χ3n) is 3.59. The maximum absolute atomic E-state index is 13.6. The number of methoxy groups -OCH3 is 1. The van der Waals surface area contributed by atoms with Crippen LogP contribution in [0.1, 0.15) is 15.9 Å². The Morgan fingerprint density at radius 2 is 1.87 bits per heavy atom. The molecule has 1 atom stereocenters. The van der Waals surface area contributed by atoms with Crippen LogP contribution in [0.25, 0.3) is 0 Å². The summed E-state index contributed by atoms with van der Waals surface area (Å²) >= 11 is 3.02. The zero-order valence-electron chi connectivity index (χ0n) is 15.6. The van der Waals surface area contributed by atoms with E-state index in [1.807, 2.05) is 0 Å². The van der Waals surface area contributed by atoms with Crippen LogP contribution in [-0.4, -0.2) is 35.6 Å². The summed E-state index contributed by atoms with van der Waals surface area (Å²) < 4.78 is 76.7. The second-order valence-electron chi connectivity index (χ2n) is 5.83. The van der Waals surface area contributed by atoms with Crippen LogP contribution in [0, 0.1) is 17.1 Å². The molecular formula is C18H11BrF4N2O5S. The smallest absolute Gasteiger partial charge is 0.465 e. The maximum Gasteiger partial charge on any atom is 0.474 e. The molecule has 0 aliphatic rings.